The van der Waals surface area contributed by atoms with Crippen LogP contribution in [0.5, 0.6) is 17.2 Å². The van der Waals surface area contributed by atoms with Crippen molar-refractivity contribution < 1.29 is 28.7 Å². The molecule has 0 saturated heterocycles. The molecule has 176 valence electrons. The smallest absolute Gasteiger partial charge is 0.343 e. The highest BCUT2D eigenvalue weighted by Gasteiger charge is 2.24. The molecule has 0 spiro atoms. The minimum absolute atomic E-state index is 0.00401. The zero-order chi connectivity index (χ0) is 24.9. The van der Waals surface area contributed by atoms with Crippen molar-refractivity contribution in [3.05, 3.63) is 100 Å². The summed E-state index contributed by atoms with van der Waals surface area (Å²) >= 11 is 0. The average Bonchev–Trinajstić information content (AvgIpc) is 2.89. The van der Waals surface area contributed by atoms with Gasteiger partial charge in [-0.2, -0.15) is 0 Å². The van der Waals surface area contributed by atoms with Crippen LogP contribution in [0.15, 0.2) is 78.9 Å². The predicted octanol–water partition coefficient (Wildman–Crippen LogP) is 5.24. The summed E-state index contributed by atoms with van der Waals surface area (Å²) in [5.41, 5.74) is 0.118. The van der Waals surface area contributed by atoms with Gasteiger partial charge in [0.1, 0.15) is 22.9 Å². The van der Waals surface area contributed by atoms with E-state index in [9.17, 15) is 19.7 Å². The SMILES string of the molecule is COc1ccc(C(=O)Nc2c([N+](=O)[O-])cc(OC(=O)c3ccc(OC)cc3)c3ccccc23)cc1. The van der Waals surface area contributed by atoms with Crippen LogP contribution in [0, 0.1) is 10.1 Å². The first-order chi connectivity index (χ1) is 16.9. The molecule has 1 amide bonds. The second kappa shape index (κ2) is 9.92. The van der Waals surface area contributed by atoms with Crippen LogP contribution in [0.2, 0.25) is 0 Å². The molecule has 0 fully saturated rings. The molecule has 1 N–H and O–H groups in total. The van der Waals surface area contributed by atoms with E-state index in [1.54, 1.807) is 60.7 Å². The highest BCUT2D eigenvalue weighted by Crippen LogP contribution is 2.40. The van der Waals surface area contributed by atoms with E-state index >= 15 is 0 Å². The van der Waals surface area contributed by atoms with E-state index in [4.69, 9.17) is 14.2 Å². The summed E-state index contributed by atoms with van der Waals surface area (Å²) < 4.78 is 15.7. The highest BCUT2D eigenvalue weighted by molar-refractivity contribution is 6.13. The number of methoxy groups -OCH3 is 2. The lowest BCUT2D eigenvalue weighted by Crippen LogP contribution is -2.14. The Hall–Kier alpha value is -4.92. The highest BCUT2D eigenvalue weighted by atomic mass is 16.6. The number of anilines is 1. The number of rotatable bonds is 7. The Labute approximate surface area is 200 Å². The van der Waals surface area contributed by atoms with Crippen LogP contribution in [0.3, 0.4) is 0 Å². The third-order valence-corrected chi connectivity index (χ3v) is 5.30. The first-order valence-corrected chi connectivity index (χ1v) is 10.4. The van der Waals surface area contributed by atoms with Crippen molar-refractivity contribution in [3.8, 4) is 17.2 Å². The van der Waals surface area contributed by atoms with Crippen LogP contribution < -0.4 is 19.5 Å². The van der Waals surface area contributed by atoms with Gasteiger partial charge in [0.15, 0.2) is 0 Å². The van der Waals surface area contributed by atoms with E-state index in [0.717, 1.165) is 6.07 Å². The number of nitrogens with zero attached hydrogens (tertiary/aromatic N) is 1. The Morgan fingerprint density at radius 3 is 1.89 bits per heavy atom. The summed E-state index contributed by atoms with van der Waals surface area (Å²) in [6, 6.07) is 20.4. The Morgan fingerprint density at radius 2 is 1.34 bits per heavy atom. The first kappa shape index (κ1) is 23.2. The Balaban J connectivity index is 1.73. The van der Waals surface area contributed by atoms with Crippen LogP contribution in [-0.2, 0) is 0 Å². The maximum absolute atomic E-state index is 12.9. The van der Waals surface area contributed by atoms with Gasteiger partial charge in [0.25, 0.3) is 11.6 Å². The molecule has 0 aromatic heterocycles. The number of benzene rings is 4. The molecule has 4 aromatic carbocycles. The normalized spacial score (nSPS) is 10.5. The number of nitrogens with one attached hydrogen (secondary N) is 1. The van der Waals surface area contributed by atoms with Crippen LogP contribution >= 0.6 is 0 Å². The number of carbonyl (C=O) groups is 2. The third-order valence-electron chi connectivity index (χ3n) is 5.30. The van der Waals surface area contributed by atoms with E-state index in [2.05, 4.69) is 5.32 Å². The van der Waals surface area contributed by atoms with Crippen molar-refractivity contribution in [2.45, 2.75) is 0 Å². The van der Waals surface area contributed by atoms with Gasteiger partial charge in [0, 0.05) is 16.3 Å². The maximum atomic E-state index is 12.9. The number of esters is 1. The molecule has 0 radical (unpaired) electrons. The number of hydrogen-bond acceptors (Lipinski definition) is 7. The molecule has 9 nitrogen and oxygen atoms in total. The number of amides is 1. The van der Waals surface area contributed by atoms with Gasteiger partial charge in [-0.1, -0.05) is 24.3 Å². The van der Waals surface area contributed by atoms with Gasteiger partial charge in [0.05, 0.1) is 30.8 Å². The number of carbonyl (C=O) groups excluding carboxylic acids is 2. The number of fused-ring (bicyclic) bond motifs is 1. The van der Waals surface area contributed by atoms with E-state index in [-0.39, 0.29) is 17.0 Å². The molecule has 0 unspecified atom stereocenters. The summed E-state index contributed by atoms with van der Waals surface area (Å²) in [6.45, 7) is 0. The second-order valence-electron chi connectivity index (χ2n) is 7.37. The largest absolute Gasteiger partial charge is 0.497 e. The molecule has 0 aliphatic carbocycles. The summed E-state index contributed by atoms with van der Waals surface area (Å²) in [5, 5.41) is 15.3. The molecule has 9 heteroatoms. The molecular formula is C26H20N2O7. The van der Waals surface area contributed by atoms with Crippen molar-refractivity contribution in [1.29, 1.82) is 0 Å². The fourth-order valence-electron chi connectivity index (χ4n) is 3.50. The number of nitro groups is 1. The van der Waals surface area contributed by atoms with Crippen molar-refractivity contribution in [3.63, 3.8) is 0 Å². The van der Waals surface area contributed by atoms with Crippen LogP contribution in [0.25, 0.3) is 10.8 Å². The predicted molar refractivity (Wildman–Crippen MR) is 130 cm³/mol. The first-order valence-electron chi connectivity index (χ1n) is 10.4. The van der Waals surface area contributed by atoms with Crippen LogP contribution in [0.1, 0.15) is 20.7 Å². The number of ether oxygens (including phenoxy) is 3. The lowest BCUT2D eigenvalue weighted by Gasteiger charge is -2.14. The summed E-state index contributed by atoms with van der Waals surface area (Å²) in [4.78, 5) is 36.9. The van der Waals surface area contributed by atoms with E-state index < -0.39 is 22.5 Å². The van der Waals surface area contributed by atoms with Gasteiger partial charge in [-0.25, -0.2) is 4.79 Å². The van der Waals surface area contributed by atoms with E-state index in [1.165, 1.54) is 26.4 Å². The Bertz CT molecular complexity index is 1410. The van der Waals surface area contributed by atoms with E-state index in [0.29, 0.717) is 27.8 Å². The van der Waals surface area contributed by atoms with Crippen LogP contribution in [-0.4, -0.2) is 31.0 Å². The lowest BCUT2D eigenvalue weighted by molar-refractivity contribution is -0.383. The van der Waals surface area contributed by atoms with Crippen molar-refractivity contribution >= 4 is 34.0 Å². The summed E-state index contributed by atoms with van der Waals surface area (Å²) in [6.07, 6.45) is 0. The van der Waals surface area contributed by atoms with Crippen molar-refractivity contribution in [2.75, 3.05) is 19.5 Å². The molecule has 0 aliphatic rings. The summed E-state index contributed by atoms with van der Waals surface area (Å²) in [7, 11) is 3.02. The van der Waals surface area contributed by atoms with Crippen LogP contribution in [0.4, 0.5) is 11.4 Å². The van der Waals surface area contributed by atoms with Crippen molar-refractivity contribution in [2.24, 2.45) is 0 Å². The maximum Gasteiger partial charge on any atom is 0.343 e. The Morgan fingerprint density at radius 1 is 0.800 bits per heavy atom. The Kier molecular flexibility index (Phi) is 6.59. The quantitative estimate of drug-likeness (QED) is 0.169. The molecule has 0 heterocycles. The zero-order valence-electron chi connectivity index (χ0n) is 18.8. The molecule has 0 saturated carbocycles. The van der Waals surface area contributed by atoms with Gasteiger partial charge >= 0.3 is 5.97 Å². The molecule has 35 heavy (non-hydrogen) atoms. The number of nitro benzene ring substituents is 1. The molecule has 0 bridgehead atoms. The molecule has 0 aliphatic heterocycles. The van der Waals surface area contributed by atoms with Gasteiger partial charge in [-0.05, 0) is 48.5 Å². The van der Waals surface area contributed by atoms with Crippen molar-refractivity contribution in [1.82, 2.24) is 0 Å². The minimum Gasteiger partial charge on any atom is -0.497 e. The second-order valence-corrected chi connectivity index (χ2v) is 7.37. The number of hydrogen-bond donors (Lipinski definition) is 1. The third kappa shape index (κ3) is 4.88. The topological polar surface area (TPSA) is 117 Å². The lowest BCUT2D eigenvalue weighted by atomic mass is 10.1. The van der Waals surface area contributed by atoms with E-state index in [1.807, 2.05) is 0 Å². The fraction of sp³-hybridized carbons (Fsp3) is 0.0769. The monoisotopic (exact) mass is 472 g/mol. The summed E-state index contributed by atoms with van der Waals surface area (Å²) in [5.74, 6) is -0.0952. The van der Waals surface area contributed by atoms with Gasteiger partial charge in [-0.15, -0.1) is 0 Å². The molecule has 0 atom stereocenters. The molecule has 4 aromatic rings. The van der Waals surface area contributed by atoms with Gasteiger partial charge < -0.3 is 19.5 Å². The average molecular weight is 472 g/mol. The zero-order valence-corrected chi connectivity index (χ0v) is 18.8. The van der Waals surface area contributed by atoms with Gasteiger partial charge in [0.2, 0.25) is 0 Å². The fourth-order valence-corrected chi connectivity index (χ4v) is 3.50. The minimum atomic E-state index is -0.692. The molecule has 4 rings (SSSR count). The molecular weight excluding hydrogens is 452 g/mol. The van der Waals surface area contributed by atoms with Gasteiger partial charge in [-0.3, -0.25) is 14.9 Å². The standard InChI is InChI=1S/C26H20N2O7/c1-33-18-11-7-16(8-12-18)25(29)27-24-21-6-4-3-5-20(21)23(15-22(24)28(31)32)35-26(30)17-9-13-19(34-2)14-10-17/h3-15H,1-2H3,(H,27,29).